The van der Waals surface area contributed by atoms with Gasteiger partial charge in [-0.05, 0) is 12.1 Å². The van der Waals surface area contributed by atoms with Gasteiger partial charge in [0.2, 0.25) is 6.29 Å². The Labute approximate surface area is 123 Å². The second kappa shape index (κ2) is 6.54. The Balaban J connectivity index is 2.11. The van der Waals surface area contributed by atoms with Gasteiger partial charge in [0.15, 0.2) is 11.8 Å². The number of quaternary nitrogens is 1. The zero-order valence-corrected chi connectivity index (χ0v) is 11.1. The summed E-state index contributed by atoms with van der Waals surface area (Å²) in [5.74, 6) is -1.42. The van der Waals surface area contributed by atoms with Gasteiger partial charge in [-0.25, -0.2) is 10.0 Å². The fraction of sp³-hybridized carbons (Fsp3) is 0.417. The van der Waals surface area contributed by atoms with E-state index in [0.29, 0.717) is 0 Å². The SMILES string of the molecule is O=C(O)[C@@H]1O[C@H](Oc2ccc([NH+]([O-])O)cc2)[C@H](O)[C@H](O)[C@@H]1O. The summed E-state index contributed by atoms with van der Waals surface area (Å²) in [6, 6.07) is 5.05. The van der Waals surface area contributed by atoms with Crippen LogP contribution >= 0.6 is 0 Å². The van der Waals surface area contributed by atoms with Crippen LogP contribution in [-0.2, 0) is 9.53 Å². The second-order valence-electron chi connectivity index (χ2n) is 4.68. The van der Waals surface area contributed by atoms with Crippen molar-refractivity contribution in [1.82, 2.24) is 0 Å². The van der Waals surface area contributed by atoms with Crippen molar-refractivity contribution in [3.63, 3.8) is 0 Å². The van der Waals surface area contributed by atoms with Crippen molar-refractivity contribution in [2.24, 2.45) is 0 Å². The Morgan fingerprint density at radius 1 is 1.14 bits per heavy atom. The molecule has 0 bridgehead atoms. The van der Waals surface area contributed by atoms with E-state index in [-0.39, 0.29) is 11.4 Å². The molecule has 6 atom stereocenters. The number of ether oxygens (including phenoxy) is 2. The number of carboxylic acid groups (broad SMARTS) is 1. The molecule has 0 amide bonds. The molecule has 0 aromatic heterocycles. The molecule has 10 nitrogen and oxygen atoms in total. The largest absolute Gasteiger partial charge is 0.595 e. The number of carbonyl (C=O) groups is 1. The van der Waals surface area contributed by atoms with Crippen molar-refractivity contribution in [2.45, 2.75) is 30.7 Å². The first-order chi connectivity index (χ1) is 10.3. The van der Waals surface area contributed by atoms with E-state index in [1.54, 1.807) is 0 Å². The van der Waals surface area contributed by atoms with Crippen molar-refractivity contribution in [1.29, 1.82) is 0 Å². The summed E-state index contributed by atoms with van der Waals surface area (Å²) in [5.41, 5.74) is 0.0105. The van der Waals surface area contributed by atoms with Crippen LogP contribution in [0, 0.1) is 5.21 Å². The average molecular weight is 317 g/mol. The standard InChI is InChI=1S/C12H15NO9/c14-7-8(15)10(11(17)18)22-12(9(7)16)21-6-3-1-5(2-4-6)13(19)20/h1-4,7-10,12-16,19H,(H,17,18)/t7-,8+,9-,10-,12+/m1/s1. The van der Waals surface area contributed by atoms with Crippen molar-refractivity contribution in [3.05, 3.63) is 29.5 Å². The third-order valence-corrected chi connectivity index (χ3v) is 3.17. The number of aliphatic hydroxyl groups excluding tert-OH is 3. The smallest absolute Gasteiger partial charge is 0.335 e. The lowest BCUT2D eigenvalue weighted by Crippen LogP contribution is -2.99. The number of rotatable bonds is 4. The molecule has 6 N–H and O–H groups in total. The van der Waals surface area contributed by atoms with Crippen molar-refractivity contribution >= 4 is 11.7 Å². The third kappa shape index (κ3) is 3.34. The number of carboxylic acids is 1. The molecule has 1 heterocycles. The van der Waals surface area contributed by atoms with Crippen LogP contribution in [0.15, 0.2) is 24.3 Å². The molecule has 1 unspecified atom stereocenters. The summed E-state index contributed by atoms with van der Waals surface area (Å²) in [6.07, 6.45) is -8.54. The number of benzene rings is 1. The molecule has 1 saturated heterocycles. The maximum Gasteiger partial charge on any atom is 0.335 e. The molecular formula is C12H15NO9. The Kier molecular flexibility index (Phi) is 4.93. The first-order valence-corrected chi connectivity index (χ1v) is 6.23. The van der Waals surface area contributed by atoms with E-state index in [1.807, 2.05) is 0 Å². The predicted octanol–water partition coefficient (Wildman–Crippen LogP) is -2.64. The summed E-state index contributed by atoms with van der Waals surface area (Å²) in [5, 5.41) is 56.2. The van der Waals surface area contributed by atoms with E-state index < -0.39 is 41.9 Å². The molecular weight excluding hydrogens is 302 g/mol. The van der Waals surface area contributed by atoms with Gasteiger partial charge in [0.05, 0.1) is 0 Å². The number of nitrogens with one attached hydrogen (secondary N) is 1. The monoisotopic (exact) mass is 317 g/mol. The fourth-order valence-electron chi connectivity index (χ4n) is 1.96. The molecule has 1 fully saturated rings. The quantitative estimate of drug-likeness (QED) is 0.326. The molecule has 1 aliphatic heterocycles. The molecule has 1 aromatic rings. The van der Waals surface area contributed by atoms with Crippen LogP contribution < -0.4 is 9.96 Å². The molecule has 0 saturated carbocycles. The highest BCUT2D eigenvalue weighted by Gasteiger charge is 2.48. The minimum absolute atomic E-state index is 0.0105. The van der Waals surface area contributed by atoms with Gasteiger partial charge in [-0.15, -0.1) is 0 Å². The van der Waals surface area contributed by atoms with Crippen LogP contribution in [0.3, 0.4) is 0 Å². The fourth-order valence-corrected chi connectivity index (χ4v) is 1.96. The first-order valence-electron chi connectivity index (χ1n) is 6.23. The zero-order valence-electron chi connectivity index (χ0n) is 11.1. The lowest BCUT2D eigenvalue weighted by atomic mass is 9.99. The molecule has 10 heteroatoms. The van der Waals surface area contributed by atoms with Crippen LogP contribution in [0.25, 0.3) is 0 Å². The Morgan fingerprint density at radius 3 is 2.23 bits per heavy atom. The summed E-state index contributed by atoms with van der Waals surface area (Å²) in [4.78, 5) is 10.9. The Hall–Kier alpha value is -1.79. The van der Waals surface area contributed by atoms with Gasteiger partial charge in [-0.1, -0.05) is 0 Å². The van der Waals surface area contributed by atoms with E-state index in [1.165, 1.54) is 24.3 Å². The molecule has 22 heavy (non-hydrogen) atoms. The van der Waals surface area contributed by atoms with Gasteiger partial charge in [-0.3, -0.25) is 0 Å². The molecule has 1 aromatic carbocycles. The highest BCUT2D eigenvalue weighted by Crippen LogP contribution is 2.24. The van der Waals surface area contributed by atoms with Crippen LogP contribution in [0.4, 0.5) is 5.69 Å². The number of aliphatic carboxylic acids is 1. The van der Waals surface area contributed by atoms with Gasteiger partial charge in [0.1, 0.15) is 24.1 Å². The van der Waals surface area contributed by atoms with Crippen molar-refractivity contribution in [2.75, 3.05) is 0 Å². The van der Waals surface area contributed by atoms with E-state index in [2.05, 4.69) is 0 Å². The molecule has 2 rings (SSSR count). The molecule has 0 spiro atoms. The summed E-state index contributed by atoms with van der Waals surface area (Å²) < 4.78 is 10.1. The van der Waals surface area contributed by atoms with Crippen LogP contribution in [-0.4, -0.2) is 62.3 Å². The van der Waals surface area contributed by atoms with E-state index in [9.17, 15) is 25.3 Å². The summed E-state index contributed by atoms with van der Waals surface area (Å²) in [7, 11) is 0. The summed E-state index contributed by atoms with van der Waals surface area (Å²) in [6.45, 7) is 0. The molecule has 0 radical (unpaired) electrons. The van der Waals surface area contributed by atoms with E-state index in [4.69, 9.17) is 19.8 Å². The maximum atomic E-state index is 10.9. The minimum Gasteiger partial charge on any atom is -0.595 e. The van der Waals surface area contributed by atoms with Gasteiger partial charge < -0.3 is 35.1 Å². The van der Waals surface area contributed by atoms with Crippen LogP contribution in [0.5, 0.6) is 5.75 Å². The van der Waals surface area contributed by atoms with Crippen LogP contribution in [0.2, 0.25) is 0 Å². The Morgan fingerprint density at radius 2 is 1.73 bits per heavy atom. The molecule has 0 aliphatic carbocycles. The van der Waals surface area contributed by atoms with Crippen LogP contribution in [0.1, 0.15) is 0 Å². The lowest BCUT2D eigenvalue weighted by Gasteiger charge is -2.38. The zero-order chi connectivity index (χ0) is 16.4. The van der Waals surface area contributed by atoms with E-state index in [0.717, 1.165) is 0 Å². The normalized spacial score (nSPS) is 33.2. The number of hydrogen-bond donors (Lipinski definition) is 6. The van der Waals surface area contributed by atoms with Gasteiger partial charge in [-0.2, -0.15) is 5.23 Å². The molecule has 122 valence electrons. The van der Waals surface area contributed by atoms with Gasteiger partial charge in [0.25, 0.3) is 0 Å². The summed E-state index contributed by atoms with van der Waals surface area (Å²) >= 11 is 0. The number of aliphatic hydroxyl groups is 3. The van der Waals surface area contributed by atoms with Gasteiger partial charge in [0, 0.05) is 12.1 Å². The maximum absolute atomic E-state index is 10.9. The van der Waals surface area contributed by atoms with Gasteiger partial charge >= 0.3 is 5.97 Å². The van der Waals surface area contributed by atoms with E-state index >= 15 is 0 Å². The first kappa shape index (κ1) is 16.6. The predicted molar refractivity (Wildman–Crippen MR) is 67.2 cm³/mol. The highest BCUT2D eigenvalue weighted by molar-refractivity contribution is 5.73. The molecule has 1 aliphatic rings. The highest BCUT2D eigenvalue weighted by atomic mass is 16.8. The minimum atomic E-state index is -1.80. The average Bonchev–Trinajstić information content (AvgIpc) is 2.48. The lowest BCUT2D eigenvalue weighted by molar-refractivity contribution is -0.991. The third-order valence-electron chi connectivity index (χ3n) is 3.17. The number of hydrogen-bond acceptors (Lipinski definition) is 8. The second-order valence-corrected chi connectivity index (χ2v) is 4.68. The topological polar surface area (TPSA) is 164 Å². The van der Waals surface area contributed by atoms with Crippen molar-refractivity contribution < 1.29 is 45.1 Å². The van der Waals surface area contributed by atoms with Crippen molar-refractivity contribution in [3.8, 4) is 5.75 Å². The Bertz CT molecular complexity index is 520.